The maximum atomic E-state index is 3.77. The first-order chi connectivity index (χ1) is 9.23. The molecule has 116 valence electrons. The van der Waals surface area contributed by atoms with Crippen LogP contribution in [0, 0.1) is 25.2 Å². The fourth-order valence-corrected chi connectivity index (χ4v) is 4.26. The van der Waals surface area contributed by atoms with Crippen LogP contribution in [-0.2, 0) is 0 Å². The van der Waals surface area contributed by atoms with Crippen molar-refractivity contribution in [3.05, 3.63) is 21.4 Å². The molecule has 1 nitrogen and oxygen atoms in total. The molecule has 0 spiro atoms. The van der Waals surface area contributed by atoms with E-state index >= 15 is 0 Å². The van der Waals surface area contributed by atoms with Crippen LogP contribution in [0.5, 0.6) is 0 Å². The zero-order valence-corrected chi connectivity index (χ0v) is 15.3. The summed E-state index contributed by atoms with van der Waals surface area (Å²) in [5, 5.41) is 3.77. The zero-order chi connectivity index (χ0) is 15.3. The van der Waals surface area contributed by atoms with Gasteiger partial charge in [-0.05, 0) is 62.6 Å². The van der Waals surface area contributed by atoms with Gasteiger partial charge >= 0.3 is 0 Å². The molecule has 1 aromatic heterocycles. The molecule has 0 aliphatic heterocycles. The van der Waals surface area contributed by atoms with Gasteiger partial charge in [0.25, 0.3) is 0 Å². The molecule has 0 aromatic carbocycles. The molecular formula is C18H33NS. The lowest BCUT2D eigenvalue weighted by atomic mass is 9.82. The zero-order valence-electron chi connectivity index (χ0n) is 14.5. The molecule has 20 heavy (non-hydrogen) atoms. The van der Waals surface area contributed by atoms with Crippen LogP contribution in [0.1, 0.15) is 75.2 Å². The van der Waals surface area contributed by atoms with Crippen molar-refractivity contribution in [2.75, 3.05) is 6.54 Å². The Balaban J connectivity index is 2.77. The van der Waals surface area contributed by atoms with Gasteiger partial charge in [-0.25, -0.2) is 0 Å². The molecule has 1 heterocycles. The van der Waals surface area contributed by atoms with Gasteiger partial charge in [-0.3, -0.25) is 0 Å². The fraction of sp³-hybridized carbons (Fsp3) is 0.778. The lowest BCUT2D eigenvalue weighted by molar-refractivity contribution is 0.276. The number of hydrogen-bond donors (Lipinski definition) is 1. The Morgan fingerprint density at radius 1 is 1.25 bits per heavy atom. The second-order valence-electron chi connectivity index (χ2n) is 7.52. The monoisotopic (exact) mass is 295 g/mol. The number of nitrogens with one attached hydrogen (secondary N) is 1. The van der Waals surface area contributed by atoms with Crippen LogP contribution in [0.3, 0.4) is 0 Å². The fourth-order valence-electron chi connectivity index (χ4n) is 3.14. The van der Waals surface area contributed by atoms with Gasteiger partial charge in [0.15, 0.2) is 0 Å². The van der Waals surface area contributed by atoms with Crippen molar-refractivity contribution in [2.45, 2.75) is 73.8 Å². The Bertz CT molecular complexity index is 400. The number of thiophene rings is 1. The quantitative estimate of drug-likeness (QED) is 0.663. The summed E-state index contributed by atoms with van der Waals surface area (Å²) in [6.45, 7) is 17.3. The molecule has 2 unspecified atom stereocenters. The van der Waals surface area contributed by atoms with Crippen molar-refractivity contribution in [1.29, 1.82) is 0 Å². The third kappa shape index (κ3) is 5.97. The lowest BCUT2D eigenvalue weighted by Crippen LogP contribution is -2.25. The standard InChI is InChI=1S/C18H33NS/c1-8-9-19-16(10-13(2)12-18(5,6)7)17-14(3)11-15(4)20-17/h11,13,16,19H,8-10,12H2,1-7H3. The summed E-state index contributed by atoms with van der Waals surface area (Å²) in [5.41, 5.74) is 1.89. The van der Waals surface area contributed by atoms with Gasteiger partial charge in [-0.2, -0.15) is 0 Å². The molecular weight excluding hydrogens is 262 g/mol. The van der Waals surface area contributed by atoms with E-state index in [-0.39, 0.29) is 0 Å². The molecule has 1 N–H and O–H groups in total. The lowest BCUT2D eigenvalue weighted by Gasteiger charge is -2.27. The van der Waals surface area contributed by atoms with Gasteiger partial charge in [0.05, 0.1) is 0 Å². The number of rotatable bonds is 7. The van der Waals surface area contributed by atoms with Crippen LogP contribution in [0.15, 0.2) is 6.07 Å². The minimum Gasteiger partial charge on any atom is -0.309 e. The largest absolute Gasteiger partial charge is 0.309 e. The molecule has 0 amide bonds. The van der Waals surface area contributed by atoms with Gasteiger partial charge < -0.3 is 5.32 Å². The Hall–Kier alpha value is -0.340. The van der Waals surface area contributed by atoms with Gasteiger partial charge in [0.1, 0.15) is 0 Å². The van der Waals surface area contributed by atoms with Gasteiger partial charge in [-0.15, -0.1) is 11.3 Å². The van der Waals surface area contributed by atoms with Crippen LogP contribution >= 0.6 is 11.3 Å². The predicted molar refractivity (Wildman–Crippen MR) is 92.7 cm³/mol. The predicted octanol–water partition coefficient (Wildman–Crippen LogP) is 5.87. The third-order valence-electron chi connectivity index (χ3n) is 3.64. The van der Waals surface area contributed by atoms with Crippen molar-refractivity contribution in [2.24, 2.45) is 11.3 Å². The van der Waals surface area contributed by atoms with E-state index in [0.29, 0.717) is 11.5 Å². The number of hydrogen-bond acceptors (Lipinski definition) is 2. The smallest absolute Gasteiger partial charge is 0.0420 e. The Morgan fingerprint density at radius 3 is 2.35 bits per heavy atom. The van der Waals surface area contributed by atoms with Crippen molar-refractivity contribution in [3.8, 4) is 0 Å². The first-order valence-electron chi connectivity index (χ1n) is 8.03. The molecule has 2 atom stereocenters. The molecule has 0 fully saturated rings. The van der Waals surface area contributed by atoms with Crippen molar-refractivity contribution in [3.63, 3.8) is 0 Å². The highest BCUT2D eigenvalue weighted by Crippen LogP contribution is 2.34. The molecule has 2 heteroatoms. The molecule has 0 bridgehead atoms. The molecule has 1 rings (SSSR count). The maximum absolute atomic E-state index is 3.77. The first kappa shape index (κ1) is 17.7. The summed E-state index contributed by atoms with van der Waals surface area (Å²) in [5.74, 6) is 0.756. The average molecular weight is 296 g/mol. The van der Waals surface area contributed by atoms with Gasteiger partial charge in [0.2, 0.25) is 0 Å². The Labute approximate surface area is 130 Å². The van der Waals surface area contributed by atoms with E-state index in [4.69, 9.17) is 0 Å². The average Bonchev–Trinajstić information content (AvgIpc) is 2.61. The highest BCUT2D eigenvalue weighted by molar-refractivity contribution is 7.12. The summed E-state index contributed by atoms with van der Waals surface area (Å²) in [4.78, 5) is 2.99. The van der Waals surface area contributed by atoms with Crippen LogP contribution in [-0.4, -0.2) is 6.54 Å². The topological polar surface area (TPSA) is 12.0 Å². The second-order valence-corrected chi connectivity index (χ2v) is 8.80. The van der Waals surface area contributed by atoms with Gasteiger partial charge in [-0.1, -0.05) is 34.6 Å². The summed E-state index contributed by atoms with van der Waals surface area (Å²) in [6.07, 6.45) is 3.74. The normalized spacial score (nSPS) is 15.3. The first-order valence-corrected chi connectivity index (χ1v) is 8.85. The van der Waals surface area contributed by atoms with Crippen LogP contribution in [0.4, 0.5) is 0 Å². The van der Waals surface area contributed by atoms with E-state index in [2.05, 4.69) is 59.8 Å². The van der Waals surface area contributed by atoms with E-state index in [1.54, 1.807) is 4.88 Å². The van der Waals surface area contributed by atoms with Crippen LogP contribution in [0.25, 0.3) is 0 Å². The molecule has 0 aliphatic carbocycles. The minimum atomic E-state index is 0.426. The highest BCUT2D eigenvalue weighted by atomic mass is 32.1. The van der Waals surface area contributed by atoms with E-state index in [1.807, 2.05) is 11.3 Å². The van der Waals surface area contributed by atoms with E-state index in [0.717, 1.165) is 12.5 Å². The molecule has 0 aliphatic rings. The Morgan fingerprint density at radius 2 is 1.90 bits per heavy atom. The number of aryl methyl sites for hydroxylation is 2. The van der Waals surface area contributed by atoms with E-state index in [9.17, 15) is 0 Å². The summed E-state index contributed by atoms with van der Waals surface area (Å²) < 4.78 is 0. The van der Waals surface area contributed by atoms with Crippen molar-refractivity contribution in [1.82, 2.24) is 5.32 Å². The molecule has 0 saturated heterocycles. The van der Waals surface area contributed by atoms with Gasteiger partial charge in [0, 0.05) is 15.8 Å². The summed E-state index contributed by atoms with van der Waals surface area (Å²) in [6, 6.07) is 2.86. The molecule has 0 radical (unpaired) electrons. The molecule has 1 aromatic rings. The van der Waals surface area contributed by atoms with Crippen LogP contribution in [0.2, 0.25) is 0 Å². The SMILES string of the molecule is CCCNC(CC(C)CC(C)(C)C)c1sc(C)cc1C. The second kappa shape index (κ2) is 7.61. The Kier molecular flexibility index (Phi) is 6.74. The summed E-state index contributed by atoms with van der Waals surface area (Å²) in [7, 11) is 0. The summed E-state index contributed by atoms with van der Waals surface area (Å²) >= 11 is 1.97. The van der Waals surface area contributed by atoms with Crippen molar-refractivity contribution >= 4 is 11.3 Å². The minimum absolute atomic E-state index is 0.426. The van der Waals surface area contributed by atoms with E-state index in [1.165, 1.54) is 29.7 Å². The molecule has 0 saturated carbocycles. The van der Waals surface area contributed by atoms with Crippen molar-refractivity contribution < 1.29 is 0 Å². The third-order valence-corrected chi connectivity index (χ3v) is 4.90. The highest BCUT2D eigenvalue weighted by Gasteiger charge is 2.22. The van der Waals surface area contributed by atoms with Crippen LogP contribution < -0.4 is 5.32 Å². The van der Waals surface area contributed by atoms with E-state index < -0.39 is 0 Å². The maximum Gasteiger partial charge on any atom is 0.0420 e.